The van der Waals surface area contributed by atoms with E-state index in [1.807, 2.05) is 74.7 Å². The van der Waals surface area contributed by atoms with Crippen molar-refractivity contribution in [3.8, 4) is 11.4 Å². The minimum absolute atomic E-state index is 0.212. The molecule has 2 aromatic carbocycles. The minimum Gasteiger partial charge on any atom is -0.467 e. The van der Waals surface area contributed by atoms with Crippen LogP contribution in [0.15, 0.2) is 86.5 Å². The van der Waals surface area contributed by atoms with E-state index in [-0.39, 0.29) is 6.03 Å². The van der Waals surface area contributed by atoms with E-state index in [1.165, 1.54) is 0 Å². The highest BCUT2D eigenvalue weighted by Gasteiger charge is 2.36. The first kappa shape index (κ1) is 22.0. The average Bonchev–Trinajstić information content (AvgIpc) is 3.54. The van der Waals surface area contributed by atoms with Crippen molar-refractivity contribution in [2.75, 3.05) is 6.26 Å². The Bertz CT molecular complexity index is 1330. The van der Waals surface area contributed by atoms with Crippen LogP contribution in [0.5, 0.6) is 0 Å². The number of amides is 2. The van der Waals surface area contributed by atoms with E-state index >= 15 is 0 Å². The highest BCUT2D eigenvalue weighted by molar-refractivity contribution is 7.98. The van der Waals surface area contributed by atoms with E-state index < -0.39 is 6.04 Å². The van der Waals surface area contributed by atoms with Gasteiger partial charge in [0.15, 0.2) is 0 Å². The van der Waals surface area contributed by atoms with Gasteiger partial charge in [-0.05, 0) is 62.1 Å². The van der Waals surface area contributed by atoms with Crippen LogP contribution < -0.4 is 5.32 Å². The summed E-state index contributed by atoms with van der Waals surface area (Å²) >= 11 is 1.68. The fourth-order valence-corrected chi connectivity index (χ4v) is 4.41. The summed E-state index contributed by atoms with van der Waals surface area (Å²) in [7, 11) is 0. The lowest BCUT2D eigenvalue weighted by atomic mass is 9.94. The van der Waals surface area contributed by atoms with Crippen molar-refractivity contribution in [2.45, 2.75) is 31.3 Å². The van der Waals surface area contributed by atoms with Crippen molar-refractivity contribution in [1.29, 1.82) is 0 Å². The standard InChI is InChI=1S/C26H24N4O3S/c1-16-6-8-18(9-7-16)23-22(17(2)30(26(31)27-23)15-20-5-4-14-32-20)25-28-24(29-33-25)19-10-12-21(34-3)13-11-19/h4-14,23H,15H2,1-3H3,(H,27,31). The molecule has 0 saturated heterocycles. The normalized spacial score (nSPS) is 16.1. The molecule has 3 heterocycles. The van der Waals surface area contributed by atoms with Crippen LogP contribution in [0.1, 0.15) is 35.7 Å². The lowest BCUT2D eigenvalue weighted by molar-refractivity contribution is 0.199. The molecule has 0 fully saturated rings. The third-order valence-electron chi connectivity index (χ3n) is 5.91. The largest absolute Gasteiger partial charge is 0.467 e. The van der Waals surface area contributed by atoms with Crippen LogP contribution in [-0.4, -0.2) is 27.3 Å². The van der Waals surface area contributed by atoms with Crippen LogP contribution in [0.2, 0.25) is 0 Å². The van der Waals surface area contributed by atoms with E-state index in [9.17, 15) is 4.79 Å². The van der Waals surface area contributed by atoms with Crippen LogP contribution in [-0.2, 0) is 6.54 Å². The summed E-state index contributed by atoms with van der Waals surface area (Å²) in [4.78, 5) is 20.6. The Morgan fingerprint density at radius 1 is 1.06 bits per heavy atom. The molecule has 0 spiro atoms. The molecule has 0 bridgehead atoms. The number of hydrogen-bond donors (Lipinski definition) is 1. The fourth-order valence-electron chi connectivity index (χ4n) is 4.01. The third kappa shape index (κ3) is 4.24. The van der Waals surface area contributed by atoms with Crippen molar-refractivity contribution in [3.63, 3.8) is 0 Å². The molecule has 2 aromatic heterocycles. The summed E-state index contributed by atoms with van der Waals surface area (Å²) in [6.07, 6.45) is 3.63. The Morgan fingerprint density at radius 3 is 2.50 bits per heavy atom. The quantitative estimate of drug-likeness (QED) is 0.344. The fraction of sp³-hybridized carbons (Fsp3) is 0.192. The van der Waals surface area contributed by atoms with Gasteiger partial charge in [-0.2, -0.15) is 4.98 Å². The molecule has 0 radical (unpaired) electrons. The molecule has 1 N–H and O–H groups in total. The van der Waals surface area contributed by atoms with Gasteiger partial charge >= 0.3 is 6.03 Å². The van der Waals surface area contributed by atoms with E-state index in [2.05, 4.69) is 10.5 Å². The number of benzene rings is 2. The molecule has 34 heavy (non-hydrogen) atoms. The van der Waals surface area contributed by atoms with Crippen molar-refractivity contribution < 1.29 is 13.7 Å². The zero-order valence-electron chi connectivity index (χ0n) is 19.1. The number of aryl methyl sites for hydroxylation is 1. The summed E-state index contributed by atoms with van der Waals surface area (Å²) in [5.74, 6) is 1.55. The first-order valence-electron chi connectivity index (χ1n) is 10.9. The number of nitrogens with zero attached hydrogens (tertiary/aromatic N) is 3. The van der Waals surface area contributed by atoms with Gasteiger partial charge in [0.1, 0.15) is 5.76 Å². The second-order valence-electron chi connectivity index (χ2n) is 8.11. The highest BCUT2D eigenvalue weighted by atomic mass is 32.2. The predicted molar refractivity (Wildman–Crippen MR) is 131 cm³/mol. The monoisotopic (exact) mass is 472 g/mol. The second kappa shape index (κ2) is 9.23. The van der Waals surface area contributed by atoms with Crippen molar-refractivity contribution in [2.24, 2.45) is 0 Å². The zero-order valence-corrected chi connectivity index (χ0v) is 19.9. The Morgan fingerprint density at radius 2 is 1.82 bits per heavy atom. The van der Waals surface area contributed by atoms with Crippen molar-refractivity contribution >= 4 is 23.4 Å². The molecule has 1 aliphatic rings. The molecule has 0 aliphatic carbocycles. The zero-order chi connectivity index (χ0) is 23.7. The number of thioether (sulfide) groups is 1. The van der Waals surface area contributed by atoms with E-state index in [0.29, 0.717) is 24.0 Å². The lowest BCUT2D eigenvalue weighted by Gasteiger charge is -2.34. The third-order valence-corrected chi connectivity index (χ3v) is 6.65. The van der Waals surface area contributed by atoms with Gasteiger partial charge in [0.05, 0.1) is 24.4 Å². The Kier molecular flexibility index (Phi) is 5.98. The van der Waals surface area contributed by atoms with Crippen molar-refractivity contribution in [1.82, 2.24) is 20.4 Å². The molecule has 2 amide bonds. The summed E-state index contributed by atoms with van der Waals surface area (Å²) in [6.45, 7) is 4.23. The molecule has 172 valence electrons. The maximum absolute atomic E-state index is 13.1. The number of allylic oxidation sites excluding steroid dienone is 1. The Balaban J connectivity index is 1.58. The summed E-state index contributed by atoms with van der Waals surface area (Å²) < 4.78 is 11.2. The van der Waals surface area contributed by atoms with Crippen LogP contribution in [0.3, 0.4) is 0 Å². The summed E-state index contributed by atoms with van der Waals surface area (Å²) in [6, 6.07) is 19.1. The van der Waals surface area contributed by atoms with Gasteiger partial charge in [-0.25, -0.2) is 4.79 Å². The summed E-state index contributed by atoms with van der Waals surface area (Å²) in [5.41, 5.74) is 4.44. The van der Waals surface area contributed by atoms with Crippen LogP contribution in [0.25, 0.3) is 17.0 Å². The number of hydrogen-bond acceptors (Lipinski definition) is 6. The van der Waals surface area contributed by atoms with Gasteiger partial charge < -0.3 is 14.3 Å². The van der Waals surface area contributed by atoms with Crippen LogP contribution >= 0.6 is 11.8 Å². The van der Waals surface area contributed by atoms with Crippen LogP contribution in [0.4, 0.5) is 4.79 Å². The topological polar surface area (TPSA) is 84.4 Å². The maximum Gasteiger partial charge on any atom is 0.322 e. The van der Waals surface area contributed by atoms with Gasteiger partial charge in [0.25, 0.3) is 5.89 Å². The minimum atomic E-state index is -0.423. The number of nitrogens with one attached hydrogen (secondary N) is 1. The smallest absolute Gasteiger partial charge is 0.322 e. The van der Waals surface area contributed by atoms with Gasteiger partial charge in [-0.1, -0.05) is 35.0 Å². The molecule has 7 nitrogen and oxygen atoms in total. The molecule has 8 heteroatoms. The number of carbonyl (C=O) groups is 1. The SMILES string of the molecule is CSc1ccc(-c2noc(C3=C(C)N(Cc4ccco4)C(=O)NC3c3ccc(C)cc3)n2)cc1. The molecule has 4 aromatic rings. The molecule has 1 unspecified atom stereocenters. The molecule has 0 saturated carbocycles. The predicted octanol–water partition coefficient (Wildman–Crippen LogP) is 6.06. The first-order valence-corrected chi connectivity index (χ1v) is 12.1. The van der Waals surface area contributed by atoms with Gasteiger partial charge in [-0.3, -0.25) is 4.90 Å². The lowest BCUT2D eigenvalue weighted by Crippen LogP contribution is -2.45. The number of carbonyl (C=O) groups excluding carboxylic acids is 1. The van der Waals surface area contributed by atoms with Gasteiger partial charge in [0, 0.05) is 16.2 Å². The average molecular weight is 473 g/mol. The molecule has 1 atom stereocenters. The second-order valence-corrected chi connectivity index (χ2v) is 8.99. The number of urea groups is 1. The van der Waals surface area contributed by atoms with E-state index in [1.54, 1.807) is 29.0 Å². The Hall–Kier alpha value is -3.78. The maximum atomic E-state index is 13.1. The molecule has 5 rings (SSSR count). The molecular formula is C26H24N4O3S. The molecule has 1 aliphatic heterocycles. The van der Waals surface area contributed by atoms with Crippen molar-refractivity contribution in [3.05, 3.63) is 95.4 Å². The van der Waals surface area contributed by atoms with E-state index in [0.717, 1.165) is 32.9 Å². The van der Waals surface area contributed by atoms with Gasteiger partial charge in [0.2, 0.25) is 5.82 Å². The highest BCUT2D eigenvalue weighted by Crippen LogP contribution is 2.38. The number of furan rings is 1. The number of aromatic nitrogens is 2. The number of rotatable bonds is 6. The Labute approximate surface area is 201 Å². The molecular weight excluding hydrogens is 448 g/mol. The first-order chi connectivity index (χ1) is 16.5. The van der Waals surface area contributed by atoms with E-state index in [4.69, 9.17) is 13.9 Å². The van der Waals surface area contributed by atoms with Crippen LogP contribution in [0, 0.1) is 6.92 Å². The summed E-state index contributed by atoms with van der Waals surface area (Å²) in [5, 5.41) is 7.35. The van der Waals surface area contributed by atoms with Gasteiger partial charge in [-0.15, -0.1) is 11.8 Å².